The molecule has 60 valence electrons. The molecule has 0 aliphatic rings. The van der Waals surface area contributed by atoms with E-state index in [1.165, 1.54) is 0 Å². The second kappa shape index (κ2) is 3.56. The number of ether oxygens (including phenoxy) is 1. The van der Waals surface area contributed by atoms with E-state index in [2.05, 4.69) is 0 Å². The fourth-order valence-electron chi connectivity index (χ4n) is 0.458. The van der Waals surface area contributed by atoms with Gasteiger partial charge in [-0.3, -0.25) is 4.79 Å². The second-order valence-corrected chi connectivity index (χ2v) is 3.52. The molecule has 0 atom stereocenters. The molecule has 0 bridgehead atoms. The molecule has 0 spiro atoms. The number of rotatable bonds is 3. The maximum Gasteiger partial charge on any atom is 0.243 e. The average Bonchev–Trinajstić information content (AvgIpc) is 1.59. The zero-order valence-electron chi connectivity index (χ0n) is 6.81. The summed E-state index contributed by atoms with van der Waals surface area (Å²) in [4.78, 5) is 10.2. The van der Waals surface area contributed by atoms with Crippen molar-refractivity contribution >= 4 is 5.91 Å². The molecule has 0 aromatic heterocycles. The lowest BCUT2D eigenvalue weighted by Gasteiger charge is -2.16. The molecule has 0 aliphatic heterocycles. The summed E-state index contributed by atoms with van der Waals surface area (Å²) in [7, 11) is 0. The van der Waals surface area contributed by atoms with Gasteiger partial charge in [0.25, 0.3) is 0 Å². The smallest absolute Gasteiger partial charge is 0.243 e. The Bertz CT molecular complexity index is 115. The SMILES string of the molecule is CC(C)(C)COCC(N)=O. The van der Waals surface area contributed by atoms with Gasteiger partial charge in [0.15, 0.2) is 0 Å². The van der Waals surface area contributed by atoms with Gasteiger partial charge in [-0.15, -0.1) is 0 Å². The molecule has 1 amide bonds. The molecule has 0 aliphatic carbocycles. The molecule has 0 heterocycles. The minimum absolute atomic E-state index is 0.0251. The van der Waals surface area contributed by atoms with Crippen LogP contribution in [0.15, 0.2) is 0 Å². The van der Waals surface area contributed by atoms with E-state index in [-0.39, 0.29) is 12.0 Å². The van der Waals surface area contributed by atoms with Gasteiger partial charge in [-0.05, 0) is 5.41 Å². The number of carbonyl (C=O) groups excluding carboxylic acids is 1. The van der Waals surface area contributed by atoms with Crippen molar-refractivity contribution in [1.29, 1.82) is 0 Å². The fourth-order valence-corrected chi connectivity index (χ4v) is 0.458. The van der Waals surface area contributed by atoms with E-state index < -0.39 is 5.91 Å². The molecule has 0 aromatic rings. The first-order valence-corrected chi connectivity index (χ1v) is 3.28. The number of carbonyl (C=O) groups is 1. The first-order valence-electron chi connectivity index (χ1n) is 3.28. The molecule has 0 unspecified atom stereocenters. The quantitative estimate of drug-likeness (QED) is 0.630. The average molecular weight is 145 g/mol. The van der Waals surface area contributed by atoms with Gasteiger partial charge in [-0.1, -0.05) is 20.8 Å². The monoisotopic (exact) mass is 145 g/mol. The van der Waals surface area contributed by atoms with Crippen LogP contribution in [0.25, 0.3) is 0 Å². The van der Waals surface area contributed by atoms with Crippen LogP contribution in [0.1, 0.15) is 20.8 Å². The predicted octanol–water partition coefficient (Wildman–Crippen LogP) is 0.534. The molecule has 0 rings (SSSR count). The van der Waals surface area contributed by atoms with Crippen LogP contribution in [0.3, 0.4) is 0 Å². The van der Waals surface area contributed by atoms with Gasteiger partial charge in [0.2, 0.25) is 5.91 Å². The minimum atomic E-state index is -0.413. The Hall–Kier alpha value is -0.570. The van der Waals surface area contributed by atoms with Gasteiger partial charge in [0, 0.05) is 0 Å². The van der Waals surface area contributed by atoms with Gasteiger partial charge >= 0.3 is 0 Å². The lowest BCUT2D eigenvalue weighted by molar-refractivity contribution is -0.123. The summed E-state index contributed by atoms with van der Waals surface area (Å²) in [6, 6.07) is 0. The highest BCUT2D eigenvalue weighted by Crippen LogP contribution is 2.12. The van der Waals surface area contributed by atoms with Gasteiger partial charge in [-0.2, -0.15) is 0 Å². The van der Waals surface area contributed by atoms with Crippen molar-refractivity contribution in [3.8, 4) is 0 Å². The largest absolute Gasteiger partial charge is 0.371 e. The molecule has 2 N–H and O–H groups in total. The minimum Gasteiger partial charge on any atom is -0.371 e. The number of nitrogens with two attached hydrogens (primary N) is 1. The molecule has 0 saturated carbocycles. The van der Waals surface area contributed by atoms with Crippen LogP contribution < -0.4 is 5.73 Å². The zero-order chi connectivity index (χ0) is 8.20. The molecule has 3 nitrogen and oxygen atoms in total. The van der Waals surface area contributed by atoms with Crippen molar-refractivity contribution in [2.45, 2.75) is 20.8 Å². The van der Waals surface area contributed by atoms with Crippen LogP contribution in [0.4, 0.5) is 0 Å². The topological polar surface area (TPSA) is 52.3 Å². The fraction of sp³-hybridized carbons (Fsp3) is 0.857. The number of hydrogen-bond donors (Lipinski definition) is 1. The molecule has 3 heteroatoms. The van der Waals surface area contributed by atoms with E-state index in [4.69, 9.17) is 10.5 Å². The van der Waals surface area contributed by atoms with Crippen LogP contribution in [0.2, 0.25) is 0 Å². The van der Waals surface area contributed by atoms with E-state index >= 15 is 0 Å². The number of hydrogen-bond acceptors (Lipinski definition) is 2. The van der Waals surface area contributed by atoms with Crippen molar-refractivity contribution < 1.29 is 9.53 Å². The molecular weight excluding hydrogens is 130 g/mol. The molecule has 10 heavy (non-hydrogen) atoms. The first-order chi connectivity index (χ1) is 4.42. The lowest BCUT2D eigenvalue weighted by Crippen LogP contribution is -2.22. The Morgan fingerprint density at radius 2 is 2.00 bits per heavy atom. The first kappa shape index (κ1) is 9.43. The van der Waals surface area contributed by atoms with Gasteiger partial charge in [-0.25, -0.2) is 0 Å². The lowest BCUT2D eigenvalue weighted by atomic mass is 9.99. The van der Waals surface area contributed by atoms with E-state index in [1.54, 1.807) is 0 Å². The summed E-state index contributed by atoms with van der Waals surface area (Å²) in [5.41, 5.74) is 4.96. The van der Waals surface area contributed by atoms with Crippen molar-refractivity contribution in [2.24, 2.45) is 11.1 Å². The number of primary amides is 1. The maximum absolute atomic E-state index is 10.2. The zero-order valence-corrected chi connectivity index (χ0v) is 6.81. The Morgan fingerprint density at radius 1 is 1.50 bits per heavy atom. The van der Waals surface area contributed by atoms with Crippen LogP contribution in [0, 0.1) is 5.41 Å². The third kappa shape index (κ3) is 7.43. The summed E-state index contributed by atoms with van der Waals surface area (Å²) < 4.78 is 4.98. The van der Waals surface area contributed by atoms with Crippen LogP contribution in [-0.2, 0) is 9.53 Å². The molecule has 0 fully saturated rings. The molecular formula is C7H15NO2. The van der Waals surface area contributed by atoms with Crippen LogP contribution in [-0.4, -0.2) is 19.1 Å². The van der Waals surface area contributed by atoms with Gasteiger partial charge < -0.3 is 10.5 Å². The van der Waals surface area contributed by atoms with E-state index in [9.17, 15) is 4.79 Å². The molecule has 0 radical (unpaired) electrons. The second-order valence-electron chi connectivity index (χ2n) is 3.52. The Balaban J connectivity index is 3.29. The van der Waals surface area contributed by atoms with Gasteiger partial charge in [0.05, 0.1) is 6.61 Å². The van der Waals surface area contributed by atoms with Crippen molar-refractivity contribution in [3.05, 3.63) is 0 Å². The Morgan fingerprint density at radius 3 is 2.30 bits per heavy atom. The van der Waals surface area contributed by atoms with Crippen molar-refractivity contribution in [2.75, 3.05) is 13.2 Å². The summed E-state index contributed by atoms with van der Waals surface area (Å²) in [6.45, 7) is 6.70. The highest BCUT2D eigenvalue weighted by molar-refractivity contribution is 5.74. The summed E-state index contributed by atoms with van der Waals surface area (Å²) >= 11 is 0. The van der Waals surface area contributed by atoms with E-state index in [0.29, 0.717) is 6.61 Å². The van der Waals surface area contributed by atoms with Crippen molar-refractivity contribution in [3.63, 3.8) is 0 Å². The van der Waals surface area contributed by atoms with Crippen LogP contribution >= 0.6 is 0 Å². The standard InChI is InChI=1S/C7H15NO2/c1-7(2,3)5-10-4-6(8)9/h4-5H2,1-3H3,(H2,8,9). The van der Waals surface area contributed by atoms with Gasteiger partial charge in [0.1, 0.15) is 6.61 Å². The van der Waals surface area contributed by atoms with E-state index in [1.807, 2.05) is 20.8 Å². The Kier molecular flexibility index (Phi) is 3.36. The number of amides is 1. The third-order valence-electron chi connectivity index (χ3n) is 0.779. The summed E-state index contributed by atoms with van der Waals surface area (Å²) in [5, 5.41) is 0. The predicted molar refractivity (Wildman–Crippen MR) is 39.5 cm³/mol. The highest BCUT2D eigenvalue weighted by atomic mass is 16.5. The van der Waals surface area contributed by atoms with E-state index in [0.717, 1.165) is 0 Å². The van der Waals surface area contributed by atoms with Crippen LogP contribution in [0.5, 0.6) is 0 Å². The summed E-state index contributed by atoms with van der Waals surface area (Å²) in [5.74, 6) is -0.413. The molecule has 0 aromatic carbocycles. The maximum atomic E-state index is 10.2. The summed E-state index contributed by atoms with van der Waals surface area (Å²) in [6.07, 6.45) is 0. The normalized spacial score (nSPS) is 11.5. The molecule has 0 saturated heterocycles. The highest BCUT2D eigenvalue weighted by Gasteiger charge is 2.09. The Labute approximate surface area is 61.5 Å². The van der Waals surface area contributed by atoms with Crippen molar-refractivity contribution in [1.82, 2.24) is 0 Å². The third-order valence-corrected chi connectivity index (χ3v) is 0.779.